The van der Waals surface area contributed by atoms with Gasteiger partial charge in [0.2, 0.25) is 10.0 Å². The summed E-state index contributed by atoms with van der Waals surface area (Å²) >= 11 is 0. The third-order valence-electron chi connectivity index (χ3n) is 8.97. The first-order valence-electron chi connectivity index (χ1n) is 13.9. The number of Topliss-reactive ketones (excluding diaryl/α,β-unsaturated/α-hetero) is 1. The van der Waals surface area contributed by atoms with E-state index in [1.165, 1.54) is 0 Å². The van der Waals surface area contributed by atoms with Gasteiger partial charge in [-0.15, -0.1) is 13.0 Å². The van der Waals surface area contributed by atoms with Gasteiger partial charge in [0.15, 0.2) is 5.78 Å². The standard InChI is InChI=1S/C31H42N2O5S/c1-30(2)26-16-17-31(30,28(34)22-26)23-39(36,37)32-18-8-19-33(3,4)20-9-21-38-27-14-12-25(13-15-27)29(35)24-10-6-5-7-11-24/h5-7,10-15,19,26,32H,8-9,16-18,20-23H2,1-4H3. The lowest BCUT2D eigenvalue weighted by atomic mass is 9.70. The molecule has 2 aromatic carbocycles. The second-order valence-electron chi connectivity index (χ2n) is 12.2. The number of nitrogens with zero attached hydrogens (tertiary/aromatic N) is 1. The summed E-state index contributed by atoms with van der Waals surface area (Å²) in [6, 6.07) is 16.4. The van der Waals surface area contributed by atoms with E-state index in [2.05, 4.69) is 39.2 Å². The topological polar surface area (TPSA) is 89.5 Å². The van der Waals surface area contributed by atoms with E-state index >= 15 is 0 Å². The van der Waals surface area contributed by atoms with Gasteiger partial charge in [0.05, 0.1) is 18.9 Å². The fourth-order valence-corrected chi connectivity index (χ4v) is 8.18. The molecular weight excluding hydrogens is 512 g/mol. The Morgan fingerprint density at radius 1 is 1.08 bits per heavy atom. The van der Waals surface area contributed by atoms with Gasteiger partial charge in [-0.2, -0.15) is 0 Å². The Morgan fingerprint density at radius 3 is 2.36 bits per heavy atom. The second kappa shape index (κ2) is 11.5. The molecule has 0 amide bonds. The van der Waals surface area contributed by atoms with E-state index < -0.39 is 15.4 Å². The summed E-state index contributed by atoms with van der Waals surface area (Å²) in [7, 11) is 0.613. The number of hydrogen-bond acceptors (Lipinski definition) is 5. The molecule has 2 aliphatic carbocycles. The highest BCUT2D eigenvalue weighted by atomic mass is 32.2. The molecule has 2 atom stereocenters. The molecule has 2 unspecified atom stereocenters. The molecule has 4 rings (SSSR count). The minimum atomic E-state index is -3.55. The maximum absolute atomic E-state index is 12.9. The van der Waals surface area contributed by atoms with Crippen LogP contribution >= 0.6 is 0 Å². The molecule has 0 heterocycles. The van der Waals surface area contributed by atoms with Crippen molar-refractivity contribution in [2.45, 2.75) is 46.0 Å². The number of nitrogens with one attached hydrogen (secondary N) is 1. The predicted molar refractivity (Wildman–Crippen MR) is 153 cm³/mol. The van der Waals surface area contributed by atoms with Crippen LogP contribution in [-0.2, 0) is 14.8 Å². The molecule has 0 aliphatic heterocycles. The summed E-state index contributed by atoms with van der Waals surface area (Å²) in [5.41, 5.74) is 0.297. The molecule has 2 fully saturated rings. The van der Waals surface area contributed by atoms with Gasteiger partial charge in [-0.1, -0.05) is 44.2 Å². The van der Waals surface area contributed by atoms with E-state index in [0.717, 1.165) is 25.1 Å². The average molecular weight is 555 g/mol. The third-order valence-corrected chi connectivity index (χ3v) is 10.5. The number of hydrogen-bond donors (Lipinski definition) is 1. The quantitative estimate of drug-likeness (QED) is 0.159. The molecule has 39 heavy (non-hydrogen) atoms. The van der Waals surface area contributed by atoms with Gasteiger partial charge in [-0.3, -0.25) is 9.59 Å². The number of carbonyl (C=O) groups excluding carboxylic acids is 2. The normalized spacial score (nSPS) is 22.3. The number of fused-ring (bicyclic) bond motifs is 2. The monoisotopic (exact) mass is 554 g/mol. The van der Waals surface area contributed by atoms with E-state index in [4.69, 9.17) is 4.74 Å². The van der Waals surface area contributed by atoms with Crippen molar-refractivity contribution in [2.24, 2.45) is 16.7 Å². The van der Waals surface area contributed by atoms with Gasteiger partial charge in [-0.25, -0.2) is 13.1 Å². The molecule has 0 saturated heterocycles. The van der Waals surface area contributed by atoms with Crippen LogP contribution in [0.3, 0.4) is 0 Å². The molecule has 1 N–H and O–H groups in total. The number of carbonyl (C=O) groups is 2. The Balaban J connectivity index is 1.15. The van der Waals surface area contributed by atoms with Crippen molar-refractivity contribution >= 4 is 21.6 Å². The highest BCUT2D eigenvalue weighted by Crippen LogP contribution is 2.64. The zero-order valence-corrected chi connectivity index (χ0v) is 24.4. The van der Waals surface area contributed by atoms with Crippen molar-refractivity contribution in [2.75, 3.05) is 39.5 Å². The smallest absolute Gasteiger partial charge is 0.212 e. The first-order chi connectivity index (χ1) is 18.4. The van der Waals surface area contributed by atoms with E-state index in [0.29, 0.717) is 53.9 Å². The lowest BCUT2D eigenvalue weighted by Crippen LogP contribution is -2.45. The lowest BCUT2D eigenvalue weighted by Gasteiger charge is -2.40. The van der Waals surface area contributed by atoms with E-state index in [-0.39, 0.29) is 22.7 Å². The van der Waals surface area contributed by atoms with Gasteiger partial charge < -0.3 is 9.22 Å². The Morgan fingerprint density at radius 2 is 1.74 bits per heavy atom. The van der Waals surface area contributed by atoms with E-state index in [1.54, 1.807) is 24.3 Å². The molecule has 0 spiro atoms. The summed E-state index contributed by atoms with van der Waals surface area (Å²) in [4.78, 5) is 25.2. The highest BCUT2D eigenvalue weighted by molar-refractivity contribution is 7.89. The first kappa shape index (κ1) is 29.4. The van der Waals surface area contributed by atoms with Crippen LogP contribution in [0.1, 0.15) is 61.9 Å². The summed E-state index contributed by atoms with van der Waals surface area (Å²) in [5.74, 6) is 1.04. The Hall–Kier alpha value is -2.55. The lowest BCUT2D eigenvalue weighted by molar-refractivity contribution is -0.861. The molecule has 2 bridgehead atoms. The van der Waals surface area contributed by atoms with Gasteiger partial charge >= 0.3 is 0 Å². The largest absolute Gasteiger partial charge is 0.493 e. The van der Waals surface area contributed by atoms with Crippen LogP contribution in [0.2, 0.25) is 0 Å². The Labute approximate surface area is 233 Å². The maximum Gasteiger partial charge on any atom is 0.212 e. The molecule has 0 radical (unpaired) electrons. The van der Waals surface area contributed by atoms with E-state index in [9.17, 15) is 18.0 Å². The van der Waals surface area contributed by atoms with Crippen LogP contribution in [0.5, 0.6) is 5.75 Å². The summed E-state index contributed by atoms with van der Waals surface area (Å²) in [6.45, 7) is 7.92. The van der Waals surface area contributed by atoms with Crippen molar-refractivity contribution in [1.82, 2.24) is 4.72 Å². The summed E-state index contributed by atoms with van der Waals surface area (Å²) < 4.78 is 35.0. The number of rotatable bonds is 14. The average Bonchev–Trinajstić information content (AvgIpc) is 3.24. The number of quaternary nitrogens is 1. The fourth-order valence-electron chi connectivity index (χ4n) is 6.32. The van der Waals surface area contributed by atoms with Crippen molar-refractivity contribution in [3.8, 4) is 5.75 Å². The number of sulfonamides is 1. The van der Waals surface area contributed by atoms with Crippen LogP contribution in [0.4, 0.5) is 0 Å². The molecule has 8 heteroatoms. The van der Waals surface area contributed by atoms with Crippen LogP contribution in [-0.4, -0.2) is 64.0 Å². The SMILES string of the molecule is CC1(C)C2CCC1(CS(=O)(=O)NCC[CH-][N+](C)(C)CCCOc1ccc(C(=O)c3ccccc3)cc1)C(=O)C2. The van der Waals surface area contributed by atoms with Crippen molar-refractivity contribution in [3.63, 3.8) is 0 Å². The number of benzene rings is 2. The van der Waals surface area contributed by atoms with Crippen LogP contribution in [0, 0.1) is 23.3 Å². The Kier molecular flexibility index (Phi) is 8.69. The predicted octanol–water partition coefficient (Wildman–Crippen LogP) is 4.63. The Bertz CT molecular complexity index is 1270. The fraction of sp³-hybridized carbons (Fsp3) is 0.516. The molecule has 2 aliphatic rings. The molecule has 2 saturated carbocycles. The number of ether oxygens (including phenoxy) is 1. The molecule has 2 aromatic rings. The highest BCUT2D eigenvalue weighted by Gasteiger charge is 2.65. The first-order valence-corrected chi connectivity index (χ1v) is 15.5. The van der Waals surface area contributed by atoms with Gasteiger partial charge in [0.1, 0.15) is 11.5 Å². The third kappa shape index (κ3) is 6.61. The van der Waals surface area contributed by atoms with Gasteiger partial charge in [0.25, 0.3) is 0 Å². The van der Waals surface area contributed by atoms with E-state index in [1.807, 2.05) is 30.3 Å². The van der Waals surface area contributed by atoms with Gasteiger partial charge in [0, 0.05) is 43.5 Å². The van der Waals surface area contributed by atoms with Crippen molar-refractivity contribution in [1.29, 1.82) is 0 Å². The van der Waals surface area contributed by atoms with Crippen molar-refractivity contribution < 1.29 is 27.2 Å². The zero-order valence-electron chi connectivity index (χ0n) is 23.6. The zero-order chi connectivity index (χ0) is 28.3. The van der Waals surface area contributed by atoms with Crippen LogP contribution < -0.4 is 9.46 Å². The molecule has 0 aromatic heterocycles. The molecule has 7 nitrogen and oxygen atoms in total. The minimum absolute atomic E-state index is 0.0123. The maximum atomic E-state index is 12.9. The molecular formula is C31H42N2O5S. The summed E-state index contributed by atoms with van der Waals surface area (Å²) in [6.07, 6.45) is 3.55. The number of ketones is 2. The van der Waals surface area contributed by atoms with Crippen LogP contribution in [0.25, 0.3) is 0 Å². The summed E-state index contributed by atoms with van der Waals surface area (Å²) in [5, 5.41) is 0. The van der Waals surface area contributed by atoms with Gasteiger partial charge in [-0.05, 0) is 55.0 Å². The van der Waals surface area contributed by atoms with Crippen LogP contribution in [0.15, 0.2) is 54.6 Å². The van der Waals surface area contributed by atoms with Crippen molar-refractivity contribution in [3.05, 3.63) is 72.3 Å². The minimum Gasteiger partial charge on any atom is -0.493 e. The molecule has 212 valence electrons. The second-order valence-corrected chi connectivity index (χ2v) is 14.0.